The number of carbonyl (C=O) groups excluding carboxylic acids is 2. The maximum absolute atomic E-state index is 13.2. The van der Waals surface area contributed by atoms with Crippen LogP contribution < -0.4 is 15.1 Å². The number of nitro groups is 1. The Hall–Kier alpha value is -3.62. The van der Waals surface area contributed by atoms with Crippen LogP contribution in [-0.2, 0) is 4.79 Å². The van der Waals surface area contributed by atoms with E-state index in [1.165, 1.54) is 12.1 Å². The highest BCUT2D eigenvalue weighted by molar-refractivity contribution is 6.08. The number of anilines is 3. The van der Waals surface area contributed by atoms with Crippen LogP contribution in [0.5, 0.6) is 0 Å². The van der Waals surface area contributed by atoms with E-state index in [0.29, 0.717) is 24.3 Å². The molecule has 2 aromatic rings. The second kappa shape index (κ2) is 10.6. The fraction of sp³-hybridized carbons (Fsp3) is 0.481. The summed E-state index contributed by atoms with van der Waals surface area (Å²) in [4.78, 5) is 42.9. The quantitative estimate of drug-likeness (QED) is 0.485. The number of carbonyl (C=O) groups is 2. The largest absolute Gasteiger partial charge is 0.371 e. The van der Waals surface area contributed by atoms with Crippen molar-refractivity contribution in [1.82, 2.24) is 4.90 Å². The second-order valence-corrected chi connectivity index (χ2v) is 10.5. The Morgan fingerprint density at radius 1 is 0.861 bits per heavy atom. The molecule has 192 valence electrons. The standard InChI is InChI=1S/C27H35N5O4/c1-27(2,3)26(34)31-17-15-29(16-18-31)21-9-7-20(8-10-21)28-25(33)23-19-22(32(35)36)11-12-24(23)30-13-5-4-6-14-30/h7-12,19H,4-6,13-18H2,1-3H3,(H,28,33). The molecule has 0 radical (unpaired) electrons. The summed E-state index contributed by atoms with van der Waals surface area (Å²) in [7, 11) is 0. The normalized spacial score (nSPS) is 16.6. The molecule has 2 fully saturated rings. The summed E-state index contributed by atoms with van der Waals surface area (Å²) in [5.74, 6) is -0.188. The molecule has 2 aromatic carbocycles. The van der Waals surface area contributed by atoms with E-state index in [2.05, 4.69) is 15.1 Å². The summed E-state index contributed by atoms with van der Waals surface area (Å²) in [5, 5.41) is 14.3. The van der Waals surface area contributed by atoms with E-state index >= 15 is 0 Å². The third-order valence-corrected chi connectivity index (χ3v) is 6.83. The molecule has 0 spiro atoms. The van der Waals surface area contributed by atoms with Crippen molar-refractivity contribution in [3.63, 3.8) is 0 Å². The molecular formula is C27H35N5O4. The molecule has 0 saturated carbocycles. The van der Waals surface area contributed by atoms with Crippen LogP contribution in [0.25, 0.3) is 0 Å². The third-order valence-electron chi connectivity index (χ3n) is 6.83. The van der Waals surface area contributed by atoms with Crippen molar-refractivity contribution < 1.29 is 14.5 Å². The van der Waals surface area contributed by atoms with E-state index < -0.39 is 4.92 Å². The molecule has 2 heterocycles. The van der Waals surface area contributed by atoms with E-state index in [0.717, 1.165) is 56.8 Å². The Morgan fingerprint density at radius 3 is 2.08 bits per heavy atom. The monoisotopic (exact) mass is 493 g/mol. The highest BCUT2D eigenvalue weighted by Crippen LogP contribution is 2.29. The van der Waals surface area contributed by atoms with Gasteiger partial charge in [-0.2, -0.15) is 0 Å². The van der Waals surface area contributed by atoms with Gasteiger partial charge in [0, 0.05) is 68.2 Å². The van der Waals surface area contributed by atoms with Crippen LogP contribution in [0.2, 0.25) is 0 Å². The van der Waals surface area contributed by atoms with Crippen LogP contribution in [-0.4, -0.2) is 60.9 Å². The van der Waals surface area contributed by atoms with Crippen molar-refractivity contribution in [3.05, 3.63) is 58.1 Å². The summed E-state index contributed by atoms with van der Waals surface area (Å²) in [6.07, 6.45) is 3.23. The van der Waals surface area contributed by atoms with Gasteiger partial charge in [-0.25, -0.2) is 0 Å². The summed E-state index contributed by atoms with van der Waals surface area (Å²) >= 11 is 0. The van der Waals surface area contributed by atoms with Gasteiger partial charge in [0.15, 0.2) is 0 Å². The first-order valence-corrected chi connectivity index (χ1v) is 12.6. The number of hydrogen-bond donors (Lipinski definition) is 1. The topological polar surface area (TPSA) is 99.0 Å². The third kappa shape index (κ3) is 5.78. The molecule has 0 aliphatic carbocycles. The van der Waals surface area contributed by atoms with Gasteiger partial charge in [-0.1, -0.05) is 20.8 Å². The van der Waals surface area contributed by atoms with Gasteiger partial charge in [0.1, 0.15) is 0 Å². The summed E-state index contributed by atoms with van der Waals surface area (Å²) in [5.41, 5.74) is 2.23. The molecule has 2 saturated heterocycles. The molecule has 9 nitrogen and oxygen atoms in total. The molecule has 2 amide bonds. The molecule has 0 bridgehead atoms. The lowest BCUT2D eigenvalue weighted by molar-refractivity contribution is -0.384. The maximum Gasteiger partial charge on any atom is 0.270 e. The van der Waals surface area contributed by atoms with Crippen molar-refractivity contribution in [2.24, 2.45) is 5.41 Å². The van der Waals surface area contributed by atoms with Crippen LogP contribution >= 0.6 is 0 Å². The number of nitro benzene ring substituents is 1. The molecule has 0 unspecified atom stereocenters. The van der Waals surface area contributed by atoms with E-state index in [9.17, 15) is 19.7 Å². The van der Waals surface area contributed by atoms with Crippen LogP contribution in [0.15, 0.2) is 42.5 Å². The van der Waals surface area contributed by atoms with Gasteiger partial charge in [-0.3, -0.25) is 19.7 Å². The minimum atomic E-state index is -0.472. The molecule has 9 heteroatoms. The van der Waals surface area contributed by atoms with Gasteiger partial charge < -0.3 is 20.0 Å². The predicted molar refractivity (Wildman–Crippen MR) is 142 cm³/mol. The predicted octanol–water partition coefficient (Wildman–Crippen LogP) is 4.53. The average molecular weight is 494 g/mol. The molecule has 0 aromatic heterocycles. The van der Waals surface area contributed by atoms with Crippen LogP contribution in [0.3, 0.4) is 0 Å². The molecule has 4 rings (SSSR count). The maximum atomic E-state index is 13.2. The minimum Gasteiger partial charge on any atom is -0.371 e. The lowest BCUT2D eigenvalue weighted by Gasteiger charge is -2.38. The summed E-state index contributed by atoms with van der Waals surface area (Å²) in [6, 6.07) is 12.1. The Labute approximate surface area is 212 Å². The van der Waals surface area contributed by atoms with E-state index in [1.807, 2.05) is 49.9 Å². The Kier molecular flexibility index (Phi) is 7.47. The zero-order valence-electron chi connectivity index (χ0n) is 21.3. The smallest absolute Gasteiger partial charge is 0.270 e. The number of nitrogens with zero attached hydrogens (tertiary/aromatic N) is 4. The first-order valence-electron chi connectivity index (χ1n) is 12.6. The molecule has 1 N–H and O–H groups in total. The first kappa shape index (κ1) is 25.5. The number of hydrogen-bond acceptors (Lipinski definition) is 6. The molecule has 0 atom stereocenters. The number of rotatable bonds is 5. The van der Waals surface area contributed by atoms with Gasteiger partial charge >= 0.3 is 0 Å². The van der Waals surface area contributed by atoms with Crippen molar-refractivity contribution in [3.8, 4) is 0 Å². The lowest BCUT2D eigenvalue weighted by Crippen LogP contribution is -2.51. The van der Waals surface area contributed by atoms with Gasteiger partial charge in [-0.05, 0) is 49.6 Å². The van der Waals surface area contributed by atoms with Crippen LogP contribution in [0, 0.1) is 15.5 Å². The van der Waals surface area contributed by atoms with Gasteiger partial charge in [0.25, 0.3) is 11.6 Å². The number of non-ortho nitro benzene ring substituents is 1. The van der Waals surface area contributed by atoms with Gasteiger partial charge in [-0.15, -0.1) is 0 Å². The number of benzene rings is 2. The van der Waals surface area contributed by atoms with E-state index in [1.54, 1.807) is 6.07 Å². The summed E-state index contributed by atoms with van der Waals surface area (Å²) in [6.45, 7) is 10.4. The number of amides is 2. The zero-order chi connectivity index (χ0) is 25.9. The average Bonchev–Trinajstić information content (AvgIpc) is 2.88. The number of piperazine rings is 1. The Morgan fingerprint density at radius 2 is 1.50 bits per heavy atom. The molecule has 36 heavy (non-hydrogen) atoms. The Bertz CT molecular complexity index is 1110. The fourth-order valence-electron chi connectivity index (χ4n) is 4.83. The van der Waals surface area contributed by atoms with Crippen molar-refractivity contribution in [2.45, 2.75) is 40.0 Å². The first-order chi connectivity index (χ1) is 17.1. The molecular weight excluding hydrogens is 458 g/mol. The fourth-order valence-corrected chi connectivity index (χ4v) is 4.83. The Balaban J connectivity index is 1.44. The highest BCUT2D eigenvalue weighted by Gasteiger charge is 2.29. The van der Waals surface area contributed by atoms with Crippen molar-refractivity contribution >= 4 is 34.6 Å². The highest BCUT2D eigenvalue weighted by atomic mass is 16.6. The van der Waals surface area contributed by atoms with Crippen LogP contribution in [0.1, 0.15) is 50.4 Å². The van der Waals surface area contributed by atoms with Gasteiger partial charge in [0.05, 0.1) is 16.2 Å². The SMILES string of the molecule is CC(C)(C)C(=O)N1CCN(c2ccc(NC(=O)c3cc([N+](=O)[O-])ccc3N3CCCCC3)cc2)CC1. The van der Waals surface area contributed by atoms with Crippen molar-refractivity contribution in [2.75, 3.05) is 54.4 Å². The van der Waals surface area contributed by atoms with Crippen molar-refractivity contribution in [1.29, 1.82) is 0 Å². The lowest BCUT2D eigenvalue weighted by atomic mass is 9.94. The second-order valence-electron chi connectivity index (χ2n) is 10.5. The van der Waals surface area contributed by atoms with Crippen LogP contribution in [0.4, 0.5) is 22.7 Å². The minimum absolute atomic E-state index is 0.0969. The number of nitrogens with one attached hydrogen (secondary N) is 1. The molecule has 2 aliphatic rings. The summed E-state index contributed by atoms with van der Waals surface area (Å²) < 4.78 is 0. The molecule has 2 aliphatic heterocycles. The van der Waals surface area contributed by atoms with E-state index in [-0.39, 0.29) is 22.9 Å². The number of piperidine rings is 1. The van der Waals surface area contributed by atoms with Gasteiger partial charge in [0.2, 0.25) is 5.91 Å². The zero-order valence-corrected chi connectivity index (χ0v) is 21.3. The van der Waals surface area contributed by atoms with E-state index in [4.69, 9.17) is 0 Å².